The van der Waals surface area contributed by atoms with E-state index in [1.165, 1.54) is 19.3 Å². The fourth-order valence-corrected chi connectivity index (χ4v) is 4.00. The van der Waals surface area contributed by atoms with Crippen LogP contribution >= 0.6 is 0 Å². The van der Waals surface area contributed by atoms with Crippen molar-refractivity contribution in [3.8, 4) is 11.5 Å². The molecule has 1 saturated carbocycles. The molecule has 1 heterocycles. The second-order valence-electron chi connectivity index (χ2n) is 7.71. The van der Waals surface area contributed by atoms with Crippen molar-refractivity contribution in [2.24, 2.45) is 0 Å². The molecule has 0 bridgehead atoms. The van der Waals surface area contributed by atoms with Gasteiger partial charge in [0.2, 0.25) is 0 Å². The summed E-state index contributed by atoms with van der Waals surface area (Å²) in [6.07, 6.45) is 7.29. The molecule has 0 unspecified atom stereocenters. The lowest BCUT2D eigenvalue weighted by atomic mass is 9.96. The van der Waals surface area contributed by atoms with Crippen LogP contribution in [0.5, 0.6) is 11.5 Å². The number of hydrogen-bond acceptors (Lipinski definition) is 4. The number of benzene rings is 1. The summed E-state index contributed by atoms with van der Waals surface area (Å²) in [6, 6.07) is 5.45. The SMILES string of the molecule is COc1ccc(NC(=O)N2CCC(NC(=O)NC3CCCCC3)CC2)cc1OC. The van der Waals surface area contributed by atoms with Gasteiger partial charge in [-0.15, -0.1) is 0 Å². The maximum absolute atomic E-state index is 12.6. The van der Waals surface area contributed by atoms with Gasteiger partial charge in [-0.05, 0) is 37.8 Å². The van der Waals surface area contributed by atoms with E-state index >= 15 is 0 Å². The van der Waals surface area contributed by atoms with Crippen LogP contribution in [-0.4, -0.2) is 56.4 Å². The van der Waals surface area contributed by atoms with Gasteiger partial charge >= 0.3 is 12.1 Å². The Bertz CT molecular complexity index is 698. The van der Waals surface area contributed by atoms with E-state index in [1.54, 1.807) is 37.3 Å². The minimum atomic E-state index is -0.151. The van der Waals surface area contributed by atoms with Gasteiger partial charge in [-0.3, -0.25) is 0 Å². The predicted octanol–water partition coefficient (Wildman–Crippen LogP) is 3.33. The van der Waals surface area contributed by atoms with Crippen molar-refractivity contribution in [3.05, 3.63) is 18.2 Å². The van der Waals surface area contributed by atoms with Crippen molar-refractivity contribution in [1.29, 1.82) is 0 Å². The third-order valence-electron chi connectivity index (χ3n) is 5.69. The van der Waals surface area contributed by atoms with Gasteiger partial charge in [-0.2, -0.15) is 0 Å². The number of rotatable bonds is 5. The summed E-state index contributed by atoms with van der Waals surface area (Å²) in [7, 11) is 3.13. The van der Waals surface area contributed by atoms with Gasteiger partial charge in [0.05, 0.1) is 14.2 Å². The lowest BCUT2D eigenvalue weighted by molar-refractivity contribution is 0.186. The highest BCUT2D eigenvalue weighted by Crippen LogP contribution is 2.30. The molecule has 0 aromatic heterocycles. The molecule has 1 aliphatic carbocycles. The lowest BCUT2D eigenvalue weighted by Crippen LogP contribution is -2.51. The lowest BCUT2D eigenvalue weighted by Gasteiger charge is -2.33. The van der Waals surface area contributed by atoms with E-state index in [2.05, 4.69) is 16.0 Å². The van der Waals surface area contributed by atoms with Crippen LogP contribution in [0.3, 0.4) is 0 Å². The molecule has 0 atom stereocenters. The highest BCUT2D eigenvalue weighted by molar-refractivity contribution is 5.89. The number of nitrogens with one attached hydrogen (secondary N) is 3. The number of carbonyl (C=O) groups is 2. The standard InChI is InChI=1S/C21H32N4O4/c1-28-18-9-8-17(14-19(18)29-2)24-21(27)25-12-10-16(11-13-25)23-20(26)22-15-6-4-3-5-7-15/h8-9,14-16H,3-7,10-13H2,1-2H3,(H,24,27)(H2,22,23,26). The van der Waals surface area contributed by atoms with Crippen molar-refractivity contribution < 1.29 is 19.1 Å². The topological polar surface area (TPSA) is 91.9 Å². The monoisotopic (exact) mass is 404 g/mol. The number of anilines is 1. The molecule has 8 heteroatoms. The summed E-state index contributed by atoms with van der Waals surface area (Å²) in [4.78, 5) is 26.5. The minimum Gasteiger partial charge on any atom is -0.493 e. The van der Waals surface area contributed by atoms with Crippen LogP contribution in [0.25, 0.3) is 0 Å². The van der Waals surface area contributed by atoms with E-state index in [-0.39, 0.29) is 18.1 Å². The van der Waals surface area contributed by atoms with Crippen LogP contribution in [0.4, 0.5) is 15.3 Å². The van der Waals surface area contributed by atoms with Crippen molar-refractivity contribution in [3.63, 3.8) is 0 Å². The van der Waals surface area contributed by atoms with E-state index in [0.717, 1.165) is 25.7 Å². The molecule has 3 N–H and O–H groups in total. The summed E-state index contributed by atoms with van der Waals surface area (Å²) in [6.45, 7) is 1.21. The second kappa shape index (κ2) is 10.2. The molecule has 2 fully saturated rings. The molecular weight excluding hydrogens is 372 g/mol. The molecule has 1 saturated heterocycles. The molecule has 1 aromatic carbocycles. The normalized spacial score (nSPS) is 18.1. The fourth-order valence-electron chi connectivity index (χ4n) is 4.00. The number of amides is 4. The van der Waals surface area contributed by atoms with Crippen LogP contribution in [0, 0.1) is 0 Å². The van der Waals surface area contributed by atoms with Gasteiger partial charge in [0, 0.05) is 36.9 Å². The Morgan fingerprint density at radius 2 is 1.52 bits per heavy atom. The number of hydrogen-bond donors (Lipinski definition) is 3. The highest BCUT2D eigenvalue weighted by atomic mass is 16.5. The minimum absolute atomic E-state index is 0.0786. The third-order valence-corrected chi connectivity index (χ3v) is 5.69. The Hall–Kier alpha value is -2.64. The Morgan fingerprint density at radius 3 is 2.14 bits per heavy atom. The van der Waals surface area contributed by atoms with Gasteiger partial charge in [-0.1, -0.05) is 19.3 Å². The molecule has 1 aromatic rings. The van der Waals surface area contributed by atoms with Gasteiger partial charge in [0.25, 0.3) is 0 Å². The van der Waals surface area contributed by atoms with Crippen molar-refractivity contribution >= 4 is 17.7 Å². The van der Waals surface area contributed by atoms with E-state index < -0.39 is 0 Å². The molecule has 0 spiro atoms. The zero-order chi connectivity index (χ0) is 20.6. The number of nitrogens with zero attached hydrogens (tertiary/aromatic N) is 1. The molecule has 4 amide bonds. The van der Waals surface area contributed by atoms with Gasteiger partial charge in [0.15, 0.2) is 11.5 Å². The Kier molecular flexibility index (Phi) is 7.43. The number of piperidine rings is 1. The summed E-state index contributed by atoms with van der Waals surface area (Å²) < 4.78 is 10.5. The summed E-state index contributed by atoms with van der Waals surface area (Å²) in [5.74, 6) is 1.18. The van der Waals surface area contributed by atoms with Crippen LogP contribution in [0.2, 0.25) is 0 Å². The molecule has 3 rings (SSSR count). The van der Waals surface area contributed by atoms with Gasteiger partial charge in [-0.25, -0.2) is 9.59 Å². The highest BCUT2D eigenvalue weighted by Gasteiger charge is 2.25. The van der Waals surface area contributed by atoms with E-state index in [9.17, 15) is 9.59 Å². The van der Waals surface area contributed by atoms with E-state index in [4.69, 9.17) is 9.47 Å². The largest absolute Gasteiger partial charge is 0.493 e. The molecule has 160 valence electrons. The maximum atomic E-state index is 12.6. The first kappa shape index (κ1) is 21.1. The van der Waals surface area contributed by atoms with Crippen LogP contribution in [0.1, 0.15) is 44.9 Å². The third kappa shape index (κ3) is 5.92. The average Bonchev–Trinajstić information content (AvgIpc) is 2.74. The van der Waals surface area contributed by atoms with Crippen LogP contribution < -0.4 is 25.4 Å². The predicted molar refractivity (Wildman–Crippen MR) is 112 cm³/mol. The zero-order valence-electron chi connectivity index (χ0n) is 17.3. The Balaban J connectivity index is 1.42. The quantitative estimate of drug-likeness (QED) is 0.702. The first-order chi connectivity index (χ1) is 14.1. The Morgan fingerprint density at radius 1 is 0.897 bits per heavy atom. The first-order valence-electron chi connectivity index (χ1n) is 10.4. The summed E-state index contributed by atoms with van der Waals surface area (Å²) >= 11 is 0. The molecule has 8 nitrogen and oxygen atoms in total. The number of ether oxygens (including phenoxy) is 2. The fraction of sp³-hybridized carbons (Fsp3) is 0.619. The van der Waals surface area contributed by atoms with Gasteiger partial charge < -0.3 is 30.3 Å². The van der Waals surface area contributed by atoms with E-state index in [1.807, 2.05) is 0 Å². The van der Waals surface area contributed by atoms with Gasteiger partial charge in [0.1, 0.15) is 0 Å². The van der Waals surface area contributed by atoms with Crippen molar-refractivity contribution in [2.45, 2.75) is 57.0 Å². The van der Waals surface area contributed by atoms with Crippen LogP contribution in [0.15, 0.2) is 18.2 Å². The Labute approximate surface area is 172 Å². The number of likely N-dealkylation sites (tertiary alicyclic amines) is 1. The molecule has 1 aliphatic heterocycles. The summed E-state index contributed by atoms with van der Waals surface area (Å²) in [5.41, 5.74) is 0.653. The zero-order valence-corrected chi connectivity index (χ0v) is 17.3. The number of carbonyl (C=O) groups excluding carboxylic acids is 2. The molecular formula is C21H32N4O4. The van der Waals surface area contributed by atoms with Crippen LogP contribution in [-0.2, 0) is 0 Å². The van der Waals surface area contributed by atoms with Crippen molar-refractivity contribution in [2.75, 3.05) is 32.6 Å². The number of urea groups is 2. The molecule has 0 radical (unpaired) electrons. The second-order valence-corrected chi connectivity index (χ2v) is 7.71. The molecule has 2 aliphatic rings. The van der Waals surface area contributed by atoms with E-state index in [0.29, 0.717) is 36.3 Å². The number of methoxy groups -OCH3 is 2. The molecule has 29 heavy (non-hydrogen) atoms. The maximum Gasteiger partial charge on any atom is 0.321 e. The first-order valence-corrected chi connectivity index (χ1v) is 10.4. The van der Waals surface area contributed by atoms with Crippen molar-refractivity contribution in [1.82, 2.24) is 15.5 Å². The smallest absolute Gasteiger partial charge is 0.321 e. The summed E-state index contributed by atoms with van der Waals surface area (Å²) in [5, 5.41) is 9.05. The average molecular weight is 405 g/mol.